The predicted octanol–water partition coefficient (Wildman–Crippen LogP) is 1.82. The smallest absolute Gasteiger partial charge is 0.141 e. The van der Waals surface area contributed by atoms with Crippen LogP contribution >= 0.6 is 0 Å². The van der Waals surface area contributed by atoms with Crippen LogP contribution in [0.2, 0.25) is 0 Å². The molecule has 1 unspecified atom stereocenters. The molecule has 104 valence electrons. The predicted molar refractivity (Wildman–Crippen MR) is 73.9 cm³/mol. The third kappa shape index (κ3) is 4.11. The number of pyridine rings is 1. The molecule has 2 rings (SSSR count). The fourth-order valence-electron chi connectivity index (χ4n) is 2.38. The molecular formula is C15H22N2O2. The standard InChI is InChI=1S/C15H22N2O2/c1-3-17(9-13-11-19-8-7-15(13)18)10-14-6-4-5-12(2)16-14/h4-6,13H,3,7-11H2,1-2H3. The Morgan fingerprint density at radius 3 is 3.00 bits per heavy atom. The molecule has 2 heterocycles. The largest absolute Gasteiger partial charge is 0.380 e. The first-order valence-corrected chi connectivity index (χ1v) is 6.94. The quantitative estimate of drug-likeness (QED) is 0.811. The number of ketones is 1. The number of carbonyl (C=O) groups excluding carboxylic acids is 1. The third-order valence-electron chi connectivity index (χ3n) is 3.52. The van der Waals surface area contributed by atoms with E-state index >= 15 is 0 Å². The summed E-state index contributed by atoms with van der Waals surface area (Å²) in [6.45, 7) is 7.74. The van der Waals surface area contributed by atoms with Gasteiger partial charge in [-0.1, -0.05) is 13.0 Å². The maximum absolute atomic E-state index is 11.8. The van der Waals surface area contributed by atoms with Gasteiger partial charge in [-0.05, 0) is 25.6 Å². The summed E-state index contributed by atoms with van der Waals surface area (Å²) in [5.74, 6) is 0.361. The molecule has 1 saturated heterocycles. The van der Waals surface area contributed by atoms with E-state index in [1.807, 2.05) is 25.1 Å². The van der Waals surface area contributed by atoms with E-state index in [-0.39, 0.29) is 5.92 Å². The van der Waals surface area contributed by atoms with E-state index in [0.29, 0.717) is 25.4 Å². The minimum absolute atomic E-state index is 0.0264. The van der Waals surface area contributed by atoms with Crippen LogP contribution in [0, 0.1) is 12.8 Å². The molecule has 1 fully saturated rings. The van der Waals surface area contributed by atoms with E-state index < -0.39 is 0 Å². The Labute approximate surface area is 114 Å². The van der Waals surface area contributed by atoms with Gasteiger partial charge >= 0.3 is 0 Å². The van der Waals surface area contributed by atoms with Gasteiger partial charge in [0.05, 0.1) is 24.8 Å². The summed E-state index contributed by atoms with van der Waals surface area (Å²) in [6, 6.07) is 6.06. The molecule has 4 nitrogen and oxygen atoms in total. The van der Waals surface area contributed by atoms with E-state index in [4.69, 9.17) is 4.74 Å². The van der Waals surface area contributed by atoms with E-state index in [2.05, 4.69) is 16.8 Å². The molecule has 1 aromatic heterocycles. The first kappa shape index (κ1) is 14.2. The Bertz CT molecular complexity index is 434. The number of Topliss-reactive ketones (excluding diaryl/α,β-unsaturated/α-hetero) is 1. The molecule has 1 aromatic rings. The average molecular weight is 262 g/mol. The van der Waals surface area contributed by atoms with Gasteiger partial charge in [0.15, 0.2) is 0 Å². The van der Waals surface area contributed by atoms with Gasteiger partial charge < -0.3 is 4.74 Å². The number of nitrogens with zero attached hydrogens (tertiary/aromatic N) is 2. The van der Waals surface area contributed by atoms with Gasteiger partial charge in [0.1, 0.15) is 5.78 Å². The second kappa shape index (κ2) is 6.78. The number of aromatic nitrogens is 1. The lowest BCUT2D eigenvalue weighted by molar-refractivity contribution is -0.131. The second-order valence-corrected chi connectivity index (χ2v) is 5.09. The molecule has 1 aliphatic heterocycles. The van der Waals surface area contributed by atoms with E-state index in [1.54, 1.807) is 0 Å². The molecular weight excluding hydrogens is 240 g/mol. The van der Waals surface area contributed by atoms with Crippen molar-refractivity contribution < 1.29 is 9.53 Å². The molecule has 0 saturated carbocycles. The molecule has 19 heavy (non-hydrogen) atoms. The van der Waals surface area contributed by atoms with Gasteiger partial charge in [-0.25, -0.2) is 0 Å². The highest BCUT2D eigenvalue weighted by Crippen LogP contribution is 2.13. The van der Waals surface area contributed by atoms with Gasteiger partial charge in [0.2, 0.25) is 0 Å². The lowest BCUT2D eigenvalue weighted by atomic mass is 10.00. The van der Waals surface area contributed by atoms with Crippen LogP contribution in [0.25, 0.3) is 0 Å². The molecule has 0 amide bonds. The normalized spacial score (nSPS) is 19.9. The van der Waals surface area contributed by atoms with E-state index in [1.165, 1.54) is 0 Å². The monoisotopic (exact) mass is 262 g/mol. The summed E-state index contributed by atoms with van der Waals surface area (Å²) in [7, 11) is 0. The molecule has 1 aliphatic rings. The SMILES string of the molecule is CCN(Cc1cccc(C)n1)CC1COCCC1=O. The van der Waals surface area contributed by atoms with Crippen LogP contribution in [-0.2, 0) is 16.1 Å². The van der Waals surface area contributed by atoms with Crippen molar-refractivity contribution in [3.05, 3.63) is 29.6 Å². The summed E-state index contributed by atoms with van der Waals surface area (Å²) in [6.07, 6.45) is 0.560. The Balaban J connectivity index is 1.94. The van der Waals surface area contributed by atoms with Crippen molar-refractivity contribution in [3.63, 3.8) is 0 Å². The zero-order valence-corrected chi connectivity index (χ0v) is 11.8. The van der Waals surface area contributed by atoms with Crippen molar-refractivity contribution in [3.8, 4) is 0 Å². The molecule has 0 N–H and O–H groups in total. The first-order valence-electron chi connectivity index (χ1n) is 6.94. The van der Waals surface area contributed by atoms with Crippen molar-refractivity contribution in [2.75, 3.05) is 26.3 Å². The van der Waals surface area contributed by atoms with Crippen molar-refractivity contribution in [2.45, 2.75) is 26.8 Å². The minimum Gasteiger partial charge on any atom is -0.380 e. The van der Waals surface area contributed by atoms with Crippen LogP contribution in [0.15, 0.2) is 18.2 Å². The number of carbonyl (C=O) groups is 1. The van der Waals surface area contributed by atoms with Crippen LogP contribution in [0.1, 0.15) is 24.7 Å². The van der Waals surface area contributed by atoms with Crippen molar-refractivity contribution >= 4 is 5.78 Å². The van der Waals surface area contributed by atoms with Crippen LogP contribution in [0.3, 0.4) is 0 Å². The minimum atomic E-state index is 0.0264. The first-order chi connectivity index (χ1) is 9.19. The maximum Gasteiger partial charge on any atom is 0.141 e. The lowest BCUT2D eigenvalue weighted by Crippen LogP contribution is -2.38. The number of aryl methyl sites for hydroxylation is 1. The average Bonchev–Trinajstić information content (AvgIpc) is 2.40. The molecule has 4 heteroatoms. The van der Waals surface area contributed by atoms with Gasteiger partial charge in [-0.15, -0.1) is 0 Å². The Morgan fingerprint density at radius 1 is 1.47 bits per heavy atom. The van der Waals surface area contributed by atoms with Crippen molar-refractivity contribution in [2.24, 2.45) is 5.92 Å². The highest BCUT2D eigenvalue weighted by Gasteiger charge is 2.24. The molecule has 0 radical (unpaired) electrons. The van der Waals surface area contributed by atoms with Crippen LogP contribution in [0.5, 0.6) is 0 Å². The summed E-state index contributed by atoms with van der Waals surface area (Å²) in [5.41, 5.74) is 2.09. The van der Waals surface area contributed by atoms with E-state index in [0.717, 1.165) is 31.0 Å². The van der Waals surface area contributed by atoms with Crippen LogP contribution in [0.4, 0.5) is 0 Å². The number of rotatable bonds is 5. The van der Waals surface area contributed by atoms with Crippen molar-refractivity contribution in [1.29, 1.82) is 0 Å². The highest BCUT2D eigenvalue weighted by atomic mass is 16.5. The number of hydrogen-bond donors (Lipinski definition) is 0. The molecule has 0 bridgehead atoms. The van der Waals surface area contributed by atoms with Gasteiger partial charge in [0, 0.05) is 25.2 Å². The lowest BCUT2D eigenvalue weighted by Gasteiger charge is -2.27. The summed E-state index contributed by atoms with van der Waals surface area (Å²) in [5, 5.41) is 0. The van der Waals surface area contributed by atoms with Gasteiger partial charge in [-0.2, -0.15) is 0 Å². The Morgan fingerprint density at radius 2 is 2.32 bits per heavy atom. The van der Waals surface area contributed by atoms with E-state index in [9.17, 15) is 4.79 Å². The van der Waals surface area contributed by atoms with Gasteiger partial charge in [0.25, 0.3) is 0 Å². The van der Waals surface area contributed by atoms with Crippen molar-refractivity contribution in [1.82, 2.24) is 9.88 Å². The van der Waals surface area contributed by atoms with Gasteiger partial charge in [-0.3, -0.25) is 14.7 Å². The van der Waals surface area contributed by atoms with Crippen LogP contribution in [-0.4, -0.2) is 42.0 Å². The summed E-state index contributed by atoms with van der Waals surface area (Å²) < 4.78 is 5.40. The number of ether oxygens (including phenoxy) is 1. The fourth-order valence-corrected chi connectivity index (χ4v) is 2.38. The Hall–Kier alpha value is -1.26. The molecule has 0 spiro atoms. The molecule has 1 atom stereocenters. The fraction of sp³-hybridized carbons (Fsp3) is 0.600. The third-order valence-corrected chi connectivity index (χ3v) is 3.52. The topological polar surface area (TPSA) is 42.4 Å². The summed E-state index contributed by atoms with van der Waals surface area (Å²) >= 11 is 0. The van der Waals surface area contributed by atoms with Crippen LogP contribution < -0.4 is 0 Å². The molecule has 0 aromatic carbocycles. The zero-order valence-electron chi connectivity index (χ0n) is 11.8. The zero-order chi connectivity index (χ0) is 13.7. The second-order valence-electron chi connectivity index (χ2n) is 5.09. The number of hydrogen-bond acceptors (Lipinski definition) is 4. The maximum atomic E-state index is 11.8. The Kier molecular flexibility index (Phi) is 5.05. The highest BCUT2D eigenvalue weighted by molar-refractivity contribution is 5.82. The summed E-state index contributed by atoms with van der Waals surface area (Å²) in [4.78, 5) is 18.6. The molecule has 0 aliphatic carbocycles.